The van der Waals surface area contributed by atoms with E-state index < -0.39 is 5.97 Å². The second kappa shape index (κ2) is 11.3. The Morgan fingerprint density at radius 2 is 1.54 bits per heavy atom. The Morgan fingerprint density at radius 3 is 2.11 bits per heavy atom. The Balaban J connectivity index is 1.92. The largest absolute Gasteiger partial charge is 0.459 e. The number of esters is 1. The zero-order valence-corrected chi connectivity index (χ0v) is 17.0. The van der Waals surface area contributed by atoms with Crippen LogP contribution in [0.3, 0.4) is 0 Å². The van der Waals surface area contributed by atoms with Crippen LogP contribution in [-0.4, -0.2) is 41.2 Å². The highest BCUT2D eigenvalue weighted by Gasteiger charge is 2.25. The van der Waals surface area contributed by atoms with Gasteiger partial charge in [-0.2, -0.15) is 0 Å². The van der Waals surface area contributed by atoms with E-state index in [0.29, 0.717) is 12.2 Å². The molecule has 0 saturated carbocycles. The standard InChI is InChI=1S/C22H25NO4S/c1-17(24)28-16-20(13-18-9-5-3-6-10-18)22(26)23(2)14-21(25)27-15-19-11-7-4-8-12-19/h3-12,20H,13-16H2,1-2H3. The van der Waals surface area contributed by atoms with Crippen molar-refractivity contribution in [3.8, 4) is 0 Å². The minimum absolute atomic E-state index is 0.0317. The average Bonchev–Trinajstić information content (AvgIpc) is 2.70. The van der Waals surface area contributed by atoms with E-state index in [2.05, 4.69) is 0 Å². The van der Waals surface area contributed by atoms with Crippen LogP contribution >= 0.6 is 11.8 Å². The van der Waals surface area contributed by atoms with Crippen molar-refractivity contribution in [3.05, 3.63) is 71.8 Å². The van der Waals surface area contributed by atoms with Gasteiger partial charge in [0.2, 0.25) is 5.91 Å². The molecule has 5 nitrogen and oxygen atoms in total. The van der Waals surface area contributed by atoms with Gasteiger partial charge >= 0.3 is 5.97 Å². The topological polar surface area (TPSA) is 63.7 Å². The molecule has 1 unspecified atom stereocenters. The molecule has 28 heavy (non-hydrogen) atoms. The van der Waals surface area contributed by atoms with Crippen molar-refractivity contribution in [2.24, 2.45) is 5.92 Å². The number of hydrogen-bond donors (Lipinski definition) is 0. The molecule has 2 rings (SSSR count). The number of benzene rings is 2. The molecule has 0 fully saturated rings. The summed E-state index contributed by atoms with van der Waals surface area (Å²) in [4.78, 5) is 37.7. The maximum Gasteiger partial charge on any atom is 0.325 e. The Morgan fingerprint density at radius 1 is 0.964 bits per heavy atom. The lowest BCUT2D eigenvalue weighted by molar-refractivity contribution is -0.150. The molecule has 0 aliphatic carbocycles. The van der Waals surface area contributed by atoms with E-state index in [1.165, 1.54) is 11.8 Å². The summed E-state index contributed by atoms with van der Waals surface area (Å²) >= 11 is 1.13. The monoisotopic (exact) mass is 399 g/mol. The van der Waals surface area contributed by atoms with Crippen LogP contribution in [0.4, 0.5) is 0 Å². The first-order valence-electron chi connectivity index (χ1n) is 9.07. The Kier molecular flexibility index (Phi) is 8.75. The first kappa shape index (κ1) is 21.7. The first-order valence-corrected chi connectivity index (χ1v) is 10.1. The van der Waals surface area contributed by atoms with Crippen molar-refractivity contribution < 1.29 is 19.1 Å². The smallest absolute Gasteiger partial charge is 0.325 e. The van der Waals surface area contributed by atoms with Crippen molar-refractivity contribution in [3.63, 3.8) is 0 Å². The molecule has 0 radical (unpaired) electrons. The summed E-state index contributed by atoms with van der Waals surface area (Å²) in [6.45, 7) is 1.54. The number of nitrogens with zero attached hydrogens (tertiary/aromatic N) is 1. The van der Waals surface area contributed by atoms with E-state index in [1.54, 1.807) is 7.05 Å². The van der Waals surface area contributed by atoms with Gasteiger partial charge in [-0.1, -0.05) is 72.4 Å². The summed E-state index contributed by atoms with van der Waals surface area (Å²) in [7, 11) is 1.59. The van der Waals surface area contributed by atoms with Crippen molar-refractivity contribution >= 4 is 28.8 Å². The van der Waals surface area contributed by atoms with E-state index >= 15 is 0 Å². The summed E-state index contributed by atoms with van der Waals surface area (Å²) in [5.74, 6) is -0.637. The molecule has 0 aromatic heterocycles. The molecule has 0 spiro atoms. The molecular weight excluding hydrogens is 374 g/mol. The number of carbonyl (C=O) groups excluding carboxylic acids is 3. The number of rotatable bonds is 9. The number of thioether (sulfide) groups is 1. The van der Waals surface area contributed by atoms with Gasteiger partial charge in [-0.25, -0.2) is 0 Å². The molecule has 2 aromatic carbocycles. The molecule has 1 amide bonds. The second-order valence-electron chi connectivity index (χ2n) is 6.53. The van der Waals surface area contributed by atoms with Crippen LogP contribution in [0.15, 0.2) is 60.7 Å². The van der Waals surface area contributed by atoms with E-state index in [1.807, 2.05) is 60.7 Å². The first-order chi connectivity index (χ1) is 13.5. The van der Waals surface area contributed by atoms with Crippen molar-refractivity contribution in [2.75, 3.05) is 19.3 Å². The molecular formula is C22H25NO4S. The van der Waals surface area contributed by atoms with Gasteiger partial charge in [0.1, 0.15) is 13.2 Å². The van der Waals surface area contributed by atoms with E-state index in [-0.39, 0.29) is 30.1 Å². The zero-order valence-electron chi connectivity index (χ0n) is 16.2. The molecule has 0 N–H and O–H groups in total. The summed E-state index contributed by atoms with van der Waals surface area (Å²) in [5, 5.41) is -0.0317. The number of ether oxygens (including phenoxy) is 1. The third-order valence-electron chi connectivity index (χ3n) is 4.15. The Labute approximate surface area is 170 Å². The fraction of sp³-hybridized carbons (Fsp3) is 0.318. The van der Waals surface area contributed by atoms with Gasteiger partial charge in [0.15, 0.2) is 5.12 Å². The van der Waals surface area contributed by atoms with Crippen molar-refractivity contribution in [2.45, 2.75) is 20.0 Å². The quantitative estimate of drug-likeness (QED) is 0.605. The molecule has 1 atom stereocenters. The molecule has 0 saturated heterocycles. The third kappa shape index (κ3) is 7.56. The fourth-order valence-electron chi connectivity index (χ4n) is 2.70. The summed E-state index contributed by atoms with van der Waals surface area (Å²) < 4.78 is 5.25. The molecule has 0 aliphatic heterocycles. The summed E-state index contributed by atoms with van der Waals surface area (Å²) in [6.07, 6.45) is 0.517. The molecule has 0 heterocycles. The fourth-order valence-corrected chi connectivity index (χ4v) is 3.40. The Bertz CT molecular complexity index is 780. The summed E-state index contributed by atoms with van der Waals surface area (Å²) in [6, 6.07) is 19.0. The van der Waals surface area contributed by atoms with Crippen LogP contribution in [0.25, 0.3) is 0 Å². The number of carbonyl (C=O) groups is 3. The van der Waals surface area contributed by atoms with Crippen molar-refractivity contribution in [1.82, 2.24) is 4.90 Å². The lowest BCUT2D eigenvalue weighted by Crippen LogP contribution is -2.39. The maximum absolute atomic E-state index is 12.9. The van der Waals surface area contributed by atoms with Crippen LogP contribution in [-0.2, 0) is 32.1 Å². The zero-order chi connectivity index (χ0) is 20.4. The second-order valence-corrected chi connectivity index (χ2v) is 7.73. The van der Waals surface area contributed by atoms with Gasteiger partial charge in [0.05, 0.1) is 5.92 Å². The highest BCUT2D eigenvalue weighted by Crippen LogP contribution is 2.18. The molecule has 0 aliphatic rings. The summed E-state index contributed by atoms with van der Waals surface area (Å²) in [5.41, 5.74) is 1.91. The van der Waals surface area contributed by atoms with Crippen LogP contribution in [0, 0.1) is 5.92 Å². The molecule has 148 valence electrons. The van der Waals surface area contributed by atoms with Gasteiger partial charge in [0.25, 0.3) is 0 Å². The lowest BCUT2D eigenvalue weighted by atomic mass is 10.00. The molecule has 6 heteroatoms. The van der Waals surface area contributed by atoms with Gasteiger partial charge in [0, 0.05) is 19.7 Å². The molecule has 0 bridgehead atoms. The SMILES string of the molecule is CC(=O)SCC(Cc1ccccc1)C(=O)N(C)CC(=O)OCc1ccccc1. The van der Waals surface area contributed by atoms with E-state index in [4.69, 9.17) is 4.74 Å². The number of likely N-dealkylation sites (N-methyl/N-ethyl adjacent to an activating group) is 1. The lowest BCUT2D eigenvalue weighted by Gasteiger charge is -2.23. The number of hydrogen-bond acceptors (Lipinski definition) is 5. The van der Waals surface area contributed by atoms with Gasteiger partial charge < -0.3 is 9.64 Å². The van der Waals surface area contributed by atoms with Crippen LogP contribution in [0.2, 0.25) is 0 Å². The van der Waals surface area contributed by atoms with Crippen LogP contribution in [0.5, 0.6) is 0 Å². The minimum atomic E-state index is -0.461. The van der Waals surface area contributed by atoms with Crippen LogP contribution in [0.1, 0.15) is 18.1 Å². The van der Waals surface area contributed by atoms with Crippen molar-refractivity contribution in [1.29, 1.82) is 0 Å². The van der Waals surface area contributed by atoms with Gasteiger partial charge in [-0.05, 0) is 17.5 Å². The van der Waals surface area contributed by atoms with E-state index in [0.717, 1.165) is 22.9 Å². The van der Waals surface area contributed by atoms with Gasteiger partial charge in [-0.15, -0.1) is 0 Å². The third-order valence-corrected chi connectivity index (χ3v) is 5.12. The predicted molar refractivity (Wildman–Crippen MR) is 111 cm³/mol. The Hall–Kier alpha value is -2.60. The normalized spacial score (nSPS) is 11.5. The minimum Gasteiger partial charge on any atom is -0.459 e. The predicted octanol–water partition coefficient (Wildman–Crippen LogP) is 3.33. The number of amides is 1. The van der Waals surface area contributed by atoms with Gasteiger partial charge in [-0.3, -0.25) is 14.4 Å². The molecule has 2 aromatic rings. The van der Waals surface area contributed by atoms with E-state index in [9.17, 15) is 14.4 Å². The average molecular weight is 400 g/mol. The highest BCUT2D eigenvalue weighted by molar-refractivity contribution is 8.13. The maximum atomic E-state index is 12.9. The highest BCUT2D eigenvalue weighted by atomic mass is 32.2. The van der Waals surface area contributed by atoms with Crippen LogP contribution < -0.4 is 0 Å².